The van der Waals surface area contributed by atoms with Crippen LogP contribution in [0.2, 0.25) is 0 Å². The van der Waals surface area contributed by atoms with Crippen molar-refractivity contribution in [3.8, 4) is 11.5 Å². The number of hydrogen-bond acceptors (Lipinski definition) is 5. The fraction of sp³-hybridized carbons (Fsp3) is 0.650. The average molecular weight is 379 g/mol. The van der Waals surface area contributed by atoms with Gasteiger partial charge in [0.1, 0.15) is 0 Å². The van der Waals surface area contributed by atoms with E-state index in [2.05, 4.69) is 40.4 Å². The van der Waals surface area contributed by atoms with Gasteiger partial charge in [-0.1, -0.05) is 6.07 Å². The molecule has 152 valence electrons. The Balaban J connectivity index is 1.77. The Morgan fingerprint density at radius 1 is 1.30 bits per heavy atom. The third-order valence-electron chi connectivity index (χ3n) is 4.93. The molecule has 1 fully saturated rings. The van der Waals surface area contributed by atoms with Crippen LogP contribution in [0.15, 0.2) is 23.2 Å². The second-order valence-corrected chi connectivity index (χ2v) is 6.83. The van der Waals surface area contributed by atoms with Gasteiger partial charge in [-0.25, -0.2) is 0 Å². The zero-order chi connectivity index (χ0) is 19.6. The first kappa shape index (κ1) is 21.3. The van der Waals surface area contributed by atoms with Crippen molar-refractivity contribution in [3.05, 3.63) is 23.8 Å². The van der Waals surface area contributed by atoms with Gasteiger partial charge in [0.25, 0.3) is 0 Å². The van der Waals surface area contributed by atoms with Gasteiger partial charge in [0, 0.05) is 38.8 Å². The van der Waals surface area contributed by atoms with Gasteiger partial charge in [0.2, 0.25) is 0 Å². The maximum absolute atomic E-state index is 5.52. The summed E-state index contributed by atoms with van der Waals surface area (Å²) >= 11 is 0. The van der Waals surface area contributed by atoms with Crippen molar-refractivity contribution >= 4 is 5.96 Å². The SMILES string of the molecule is CN=C(NCCc1ccc(OC)c(OC)c1)NCC(C)N1CCOCC1C. The summed E-state index contributed by atoms with van der Waals surface area (Å²) in [7, 11) is 5.10. The second-order valence-electron chi connectivity index (χ2n) is 6.83. The predicted octanol–water partition coefficient (Wildman–Crippen LogP) is 1.52. The van der Waals surface area contributed by atoms with Gasteiger partial charge in [-0.3, -0.25) is 9.89 Å². The van der Waals surface area contributed by atoms with Crippen LogP contribution in [0.5, 0.6) is 11.5 Å². The molecule has 1 aliphatic rings. The molecule has 2 N–H and O–H groups in total. The molecule has 0 spiro atoms. The Kier molecular flexibility index (Phi) is 8.67. The van der Waals surface area contributed by atoms with E-state index in [1.807, 2.05) is 12.1 Å². The van der Waals surface area contributed by atoms with Crippen molar-refractivity contribution in [2.45, 2.75) is 32.4 Å². The number of rotatable bonds is 8. The fourth-order valence-electron chi connectivity index (χ4n) is 3.34. The van der Waals surface area contributed by atoms with E-state index in [4.69, 9.17) is 14.2 Å². The van der Waals surface area contributed by atoms with E-state index < -0.39 is 0 Å². The summed E-state index contributed by atoms with van der Waals surface area (Å²) in [6, 6.07) is 6.88. The predicted molar refractivity (Wildman–Crippen MR) is 109 cm³/mol. The standard InChI is InChI=1S/C20H34N4O3/c1-15(24-10-11-27-14-16(24)2)13-23-20(21-3)22-9-8-17-6-7-18(25-4)19(12-17)26-5/h6-7,12,15-16H,8-11,13-14H2,1-5H3,(H2,21,22,23). The molecular weight excluding hydrogens is 344 g/mol. The largest absolute Gasteiger partial charge is 0.493 e. The third kappa shape index (κ3) is 6.29. The first-order valence-corrected chi connectivity index (χ1v) is 9.58. The number of guanidine groups is 1. The molecule has 0 radical (unpaired) electrons. The van der Waals surface area contributed by atoms with Crippen LogP contribution in [0.1, 0.15) is 19.4 Å². The van der Waals surface area contributed by atoms with E-state index in [-0.39, 0.29) is 0 Å². The minimum atomic E-state index is 0.424. The second kappa shape index (κ2) is 11.0. The number of aliphatic imine (C=N–C) groups is 1. The molecule has 7 nitrogen and oxygen atoms in total. The maximum Gasteiger partial charge on any atom is 0.191 e. The van der Waals surface area contributed by atoms with Crippen LogP contribution < -0.4 is 20.1 Å². The zero-order valence-corrected chi connectivity index (χ0v) is 17.2. The van der Waals surface area contributed by atoms with E-state index in [0.29, 0.717) is 12.1 Å². The number of nitrogens with one attached hydrogen (secondary N) is 2. The van der Waals surface area contributed by atoms with E-state index in [1.165, 1.54) is 5.56 Å². The van der Waals surface area contributed by atoms with Crippen LogP contribution in [0, 0.1) is 0 Å². The first-order valence-electron chi connectivity index (χ1n) is 9.58. The number of methoxy groups -OCH3 is 2. The molecule has 1 heterocycles. The lowest BCUT2D eigenvalue weighted by molar-refractivity contribution is -0.0174. The smallest absolute Gasteiger partial charge is 0.191 e. The Bertz CT molecular complexity index is 609. The van der Waals surface area contributed by atoms with Crippen LogP contribution >= 0.6 is 0 Å². The highest BCUT2D eigenvalue weighted by Crippen LogP contribution is 2.27. The topological polar surface area (TPSA) is 67.4 Å². The number of ether oxygens (including phenoxy) is 3. The maximum atomic E-state index is 5.52. The molecule has 27 heavy (non-hydrogen) atoms. The molecule has 2 atom stereocenters. The lowest BCUT2D eigenvalue weighted by Crippen LogP contribution is -2.53. The average Bonchev–Trinajstić information content (AvgIpc) is 2.70. The quantitative estimate of drug-likeness (QED) is 0.528. The molecule has 0 amide bonds. The van der Waals surface area contributed by atoms with Gasteiger partial charge in [0.05, 0.1) is 27.4 Å². The van der Waals surface area contributed by atoms with Crippen molar-refractivity contribution in [2.75, 3.05) is 54.1 Å². The lowest BCUT2D eigenvalue weighted by Gasteiger charge is -2.38. The molecule has 1 saturated heterocycles. The highest BCUT2D eigenvalue weighted by atomic mass is 16.5. The van der Waals surface area contributed by atoms with Gasteiger partial charge >= 0.3 is 0 Å². The van der Waals surface area contributed by atoms with Gasteiger partial charge in [-0.05, 0) is 38.0 Å². The summed E-state index contributed by atoms with van der Waals surface area (Å²) in [6.45, 7) is 8.69. The summed E-state index contributed by atoms with van der Waals surface area (Å²) < 4.78 is 16.2. The molecule has 0 bridgehead atoms. The first-order chi connectivity index (χ1) is 13.1. The summed E-state index contributed by atoms with van der Waals surface area (Å²) in [5, 5.41) is 6.80. The molecule has 2 unspecified atom stereocenters. The minimum Gasteiger partial charge on any atom is -0.493 e. The Labute approximate surface area is 163 Å². The van der Waals surface area contributed by atoms with Gasteiger partial charge in [-0.15, -0.1) is 0 Å². The summed E-state index contributed by atoms with van der Waals surface area (Å²) in [5.41, 5.74) is 1.19. The molecule has 0 aromatic heterocycles. The molecular formula is C20H34N4O3. The molecule has 7 heteroatoms. The van der Waals surface area contributed by atoms with E-state index in [1.54, 1.807) is 21.3 Å². The van der Waals surface area contributed by atoms with E-state index >= 15 is 0 Å². The number of nitrogens with zero attached hydrogens (tertiary/aromatic N) is 2. The lowest BCUT2D eigenvalue weighted by atomic mass is 10.1. The van der Waals surface area contributed by atoms with Crippen molar-refractivity contribution < 1.29 is 14.2 Å². The highest BCUT2D eigenvalue weighted by Gasteiger charge is 2.23. The summed E-state index contributed by atoms with van der Waals surface area (Å²) in [5.74, 6) is 2.33. The third-order valence-corrected chi connectivity index (χ3v) is 4.93. The molecule has 0 aliphatic carbocycles. The van der Waals surface area contributed by atoms with Crippen LogP contribution in [0.25, 0.3) is 0 Å². The molecule has 0 saturated carbocycles. The molecule has 2 rings (SSSR count). The highest BCUT2D eigenvalue weighted by molar-refractivity contribution is 5.79. The minimum absolute atomic E-state index is 0.424. The normalized spacial score (nSPS) is 19.4. The molecule has 1 aromatic carbocycles. The Hall–Kier alpha value is -1.99. The van der Waals surface area contributed by atoms with Crippen molar-refractivity contribution in [1.29, 1.82) is 0 Å². The van der Waals surface area contributed by atoms with Crippen LogP contribution in [-0.2, 0) is 11.2 Å². The van der Waals surface area contributed by atoms with E-state index in [0.717, 1.165) is 56.7 Å². The number of morpholine rings is 1. The van der Waals surface area contributed by atoms with Gasteiger partial charge in [-0.2, -0.15) is 0 Å². The Morgan fingerprint density at radius 3 is 2.74 bits per heavy atom. The van der Waals surface area contributed by atoms with E-state index in [9.17, 15) is 0 Å². The van der Waals surface area contributed by atoms with Crippen molar-refractivity contribution in [2.24, 2.45) is 4.99 Å². The van der Waals surface area contributed by atoms with Gasteiger partial charge in [0.15, 0.2) is 17.5 Å². The van der Waals surface area contributed by atoms with Gasteiger partial charge < -0.3 is 24.8 Å². The van der Waals surface area contributed by atoms with Crippen molar-refractivity contribution in [3.63, 3.8) is 0 Å². The van der Waals surface area contributed by atoms with Crippen molar-refractivity contribution in [1.82, 2.24) is 15.5 Å². The molecule has 1 aliphatic heterocycles. The number of benzene rings is 1. The fourth-order valence-corrected chi connectivity index (χ4v) is 3.34. The van der Waals surface area contributed by atoms with Crippen LogP contribution in [0.4, 0.5) is 0 Å². The monoisotopic (exact) mass is 378 g/mol. The summed E-state index contributed by atoms with van der Waals surface area (Å²) in [6.07, 6.45) is 0.872. The summed E-state index contributed by atoms with van der Waals surface area (Å²) in [4.78, 5) is 6.80. The number of hydrogen-bond donors (Lipinski definition) is 2. The zero-order valence-electron chi connectivity index (χ0n) is 17.2. The molecule has 1 aromatic rings. The van der Waals surface area contributed by atoms with Crippen LogP contribution in [-0.4, -0.2) is 77.1 Å². The Morgan fingerprint density at radius 2 is 2.07 bits per heavy atom. The van der Waals surface area contributed by atoms with Crippen LogP contribution in [0.3, 0.4) is 0 Å².